The van der Waals surface area contributed by atoms with Crippen LogP contribution in [0.25, 0.3) is 0 Å². The third-order valence-corrected chi connectivity index (χ3v) is 3.83. The van der Waals surface area contributed by atoms with Gasteiger partial charge in [0.05, 0.1) is 10.7 Å². The Bertz CT molecular complexity index is 660. The molecule has 1 heterocycles. The first kappa shape index (κ1) is 12.5. The zero-order valence-corrected chi connectivity index (χ0v) is 12.1. The van der Waals surface area contributed by atoms with E-state index in [1.165, 1.54) is 0 Å². The lowest BCUT2D eigenvalue weighted by Crippen LogP contribution is -2.19. The van der Waals surface area contributed by atoms with Crippen molar-refractivity contribution < 1.29 is 4.79 Å². The van der Waals surface area contributed by atoms with Crippen molar-refractivity contribution in [3.63, 3.8) is 0 Å². The predicted molar refractivity (Wildman–Crippen MR) is 80.6 cm³/mol. The summed E-state index contributed by atoms with van der Waals surface area (Å²) in [7, 11) is 0. The van der Waals surface area contributed by atoms with E-state index >= 15 is 0 Å². The fourth-order valence-corrected chi connectivity index (χ4v) is 2.84. The number of carbonyl (C=O) groups is 1. The monoisotopic (exact) mass is 336 g/mol. The SMILES string of the molecule is O=C1Nc2ccccc2C1Nc1ccc(Br)cc1Cl. The lowest BCUT2D eigenvalue weighted by Gasteiger charge is -2.14. The van der Waals surface area contributed by atoms with E-state index < -0.39 is 6.04 Å². The van der Waals surface area contributed by atoms with Gasteiger partial charge in [0.1, 0.15) is 6.04 Å². The second kappa shape index (κ2) is 4.87. The number of nitrogens with one attached hydrogen (secondary N) is 2. The number of rotatable bonds is 2. The van der Waals surface area contributed by atoms with Gasteiger partial charge in [0.15, 0.2) is 0 Å². The van der Waals surface area contributed by atoms with Crippen molar-refractivity contribution >= 4 is 44.8 Å². The molecule has 2 aromatic carbocycles. The van der Waals surface area contributed by atoms with E-state index in [1.807, 2.05) is 36.4 Å². The van der Waals surface area contributed by atoms with Gasteiger partial charge < -0.3 is 10.6 Å². The molecule has 2 N–H and O–H groups in total. The summed E-state index contributed by atoms with van der Waals surface area (Å²) in [6.45, 7) is 0. The molecule has 1 aliphatic rings. The average Bonchev–Trinajstić information content (AvgIpc) is 2.69. The van der Waals surface area contributed by atoms with Gasteiger partial charge >= 0.3 is 0 Å². The van der Waals surface area contributed by atoms with Crippen molar-refractivity contribution in [3.8, 4) is 0 Å². The summed E-state index contributed by atoms with van der Waals surface area (Å²) in [5.41, 5.74) is 2.52. The molecule has 2 aromatic rings. The summed E-state index contributed by atoms with van der Waals surface area (Å²) in [6.07, 6.45) is 0. The molecule has 0 bridgehead atoms. The quantitative estimate of drug-likeness (QED) is 0.862. The Morgan fingerprint density at radius 2 is 2.00 bits per heavy atom. The van der Waals surface area contributed by atoms with E-state index in [9.17, 15) is 4.79 Å². The van der Waals surface area contributed by atoms with Gasteiger partial charge in [-0.2, -0.15) is 0 Å². The molecule has 1 unspecified atom stereocenters. The van der Waals surface area contributed by atoms with Gasteiger partial charge in [-0.1, -0.05) is 45.7 Å². The standard InChI is InChI=1S/C14H10BrClN2O/c15-8-5-6-12(10(16)7-8)17-13-9-3-1-2-4-11(9)18-14(13)19/h1-7,13,17H,(H,18,19). The molecule has 0 aliphatic carbocycles. The van der Waals surface area contributed by atoms with Gasteiger partial charge in [-0.3, -0.25) is 4.79 Å². The molecule has 0 saturated heterocycles. The zero-order valence-electron chi connectivity index (χ0n) is 9.78. The van der Waals surface area contributed by atoms with Crippen LogP contribution in [-0.2, 0) is 4.79 Å². The zero-order chi connectivity index (χ0) is 13.4. The minimum absolute atomic E-state index is 0.0693. The number of hydrogen-bond donors (Lipinski definition) is 2. The lowest BCUT2D eigenvalue weighted by molar-refractivity contribution is -0.116. The van der Waals surface area contributed by atoms with Crippen LogP contribution in [0.4, 0.5) is 11.4 Å². The number of hydrogen-bond acceptors (Lipinski definition) is 2. The molecule has 3 rings (SSSR count). The topological polar surface area (TPSA) is 41.1 Å². The van der Waals surface area contributed by atoms with E-state index in [1.54, 1.807) is 6.07 Å². The summed E-state index contributed by atoms with van der Waals surface area (Å²) in [5, 5.41) is 6.60. The van der Waals surface area contributed by atoms with E-state index in [-0.39, 0.29) is 5.91 Å². The third kappa shape index (κ3) is 2.33. The van der Waals surface area contributed by atoms with Crippen molar-refractivity contribution in [2.24, 2.45) is 0 Å². The van der Waals surface area contributed by atoms with Crippen LogP contribution in [0.1, 0.15) is 11.6 Å². The summed E-state index contributed by atoms with van der Waals surface area (Å²) in [5.74, 6) is -0.0693. The van der Waals surface area contributed by atoms with Crippen molar-refractivity contribution in [1.29, 1.82) is 0 Å². The van der Waals surface area contributed by atoms with Crippen LogP contribution in [-0.4, -0.2) is 5.91 Å². The van der Waals surface area contributed by atoms with Gasteiger partial charge in [-0.05, 0) is 24.3 Å². The fraction of sp³-hybridized carbons (Fsp3) is 0.0714. The number of fused-ring (bicyclic) bond motifs is 1. The number of benzene rings is 2. The Balaban J connectivity index is 1.93. The van der Waals surface area contributed by atoms with Crippen LogP contribution in [0, 0.1) is 0 Å². The molecule has 0 aromatic heterocycles. The van der Waals surface area contributed by atoms with E-state index in [4.69, 9.17) is 11.6 Å². The van der Waals surface area contributed by atoms with Crippen LogP contribution >= 0.6 is 27.5 Å². The Hall–Kier alpha value is -1.52. The molecule has 96 valence electrons. The highest BCUT2D eigenvalue weighted by atomic mass is 79.9. The first-order chi connectivity index (χ1) is 9.15. The minimum Gasteiger partial charge on any atom is -0.369 e. The second-order valence-electron chi connectivity index (χ2n) is 4.28. The number of amides is 1. The van der Waals surface area contributed by atoms with Gasteiger partial charge in [-0.25, -0.2) is 0 Å². The lowest BCUT2D eigenvalue weighted by atomic mass is 10.1. The highest BCUT2D eigenvalue weighted by Crippen LogP contribution is 2.35. The molecule has 1 aliphatic heterocycles. The number of anilines is 2. The molecule has 19 heavy (non-hydrogen) atoms. The minimum atomic E-state index is -0.408. The maximum atomic E-state index is 12.0. The predicted octanol–water partition coefficient (Wildman–Crippen LogP) is 4.21. The average molecular weight is 338 g/mol. The number of carbonyl (C=O) groups excluding carboxylic acids is 1. The van der Waals surface area contributed by atoms with Crippen LogP contribution in [0.3, 0.4) is 0 Å². The molecule has 1 atom stereocenters. The molecule has 0 fully saturated rings. The maximum Gasteiger partial charge on any atom is 0.251 e. The van der Waals surface area contributed by atoms with Crippen LogP contribution in [0.2, 0.25) is 5.02 Å². The molecular formula is C14H10BrClN2O. The van der Waals surface area contributed by atoms with E-state index in [0.717, 1.165) is 21.4 Å². The van der Waals surface area contributed by atoms with Gasteiger partial charge in [0.25, 0.3) is 5.91 Å². The summed E-state index contributed by atoms with van der Waals surface area (Å²) < 4.78 is 0.902. The normalized spacial score (nSPS) is 16.9. The molecule has 0 radical (unpaired) electrons. The molecule has 3 nitrogen and oxygen atoms in total. The van der Waals surface area contributed by atoms with Crippen molar-refractivity contribution in [1.82, 2.24) is 0 Å². The summed E-state index contributed by atoms with van der Waals surface area (Å²) in [4.78, 5) is 12.0. The van der Waals surface area contributed by atoms with Crippen LogP contribution in [0.15, 0.2) is 46.9 Å². The first-order valence-corrected chi connectivity index (χ1v) is 6.93. The largest absolute Gasteiger partial charge is 0.369 e. The highest BCUT2D eigenvalue weighted by molar-refractivity contribution is 9.10. The van der Waals surface area contributed by atoms with E-state index in [2.05, 4.69) is 26.6 Å². The van der Waals surface area contributed by atoms with Crippen LogP contribution in [0.5, 0.6) is 0 Å². The fourth-order valence-electron chi connectivity index (χ4n) is 2.11. The van der Waals surface area contributed by atoms with E-state index in [0.29, 0.717) is 5.02 Å². The number of para-hydroxylation sites is 1. The molecular weight excluding hydrogens is 328 g/mol. The van der Waals surface area contributed by atoms with Crippen molar-refractivity contribution in [2.75, 3.05) is 10.6 Å². The van der Waals surface area contributed by atoms with Gasteiger partial charge in [0.2, 0.25) is 0 Å². The van der Waals surface area contributed by atoms with Crippen molar-refractivity contribution in [2.45, 2.75) is 6.04 Å². The smallest absolute Gasteiger partial charge is 0.251 e. The second-order valence-corrected chi connectivity index (χ2v) is 5.60. The third-order valence-electron chi connectivity index (χ3n) is 3.02. The maximum absolute atomic E-state index is 12.0. The Morgan fingerprint density at radius 1 is 1.21 bits per heavy atom. The molecule has 5 heteroatoms. The number of halogens is 2. The summed E-state index contributed by atoms with van der Waals surface area (Å²) >= 11 is 9.51. The van der Waals surface area contributed by atoms with Crippen LogP contribution < -0.4 is 10.6 Å². The Kier molecular flexibility index (Phi) is 3.21. The highest BCUT2D eigenvalue weighted by Gasteiger charge is 2.30. The molecule has 0 spiro atoms. The first-order valence-electron chi connectivity index (χ1n) is 5.76. The summed E-state index contributed by atoms with van der Waals surface area (Å²) in [6, 6.07) is 12.7. The van der Waals surface area contributed by atoms with Gasteiger partial charge in [0, 0.05) is 15.7 Å². The Morgan fingerprint density at radius 3 is 2.79 bits per heavy atom. The van der Waals surface area contributed by atoms with Crippen molar-refractivity contribution in [3.05, 3.63) is 57.5 Å². The Labute approximate surface area is 124 Å². The van der Waals surface area contributed by atoms with Gasteiger partial charge in [-0.15, -0.1) is 0 Å². The molecule has 0 saturated carbocycles. The molecule has 1 amide bonds.